The number of nitrogens with zero attached hydrogens (tertiary/aromatic N) is 4. The Kier molecular flexibility index (Phi) is 8.05. The van der Waals surface area contributed by atoms with E-state index < -0.39 is 0 Å². The van der Waals surface area contributed by atoms with Crippen molar-refractivity contribution in [3.63, 3.8) is 0 Å². The number of rotatable bonds is 10. The fraction of sp³-hybridized carbons (Fsp3) is 0.750. The van der Waals surface area contributed by atoms with Crippen LogP contribution in [0.2, 0.25) is 0 Å². The van der Waals surface area contributed by atoms with Crippen molar-refractivity contribution in [3.8, 4) is 0 Å². The summed E-state index contributed by atoms with van der Waals surface area (Å²) in [6.45, 7) is 10.5. The molecule has 0 aliphatic rings. The van der Waals surface area contributed by atoms with Crippen LogP contribution >= 0.6 is 0 Å². The molecule has 21 heavy (non-hydrogen) atoms. The van der Waals surface area contributed by atoms with E-state index in [4.69, 9.17) is 0 Å². The lowest BCUT2D eigenvalue weighted by Gasteiger charge is -2.23. The topological polar surface area (TPSA) is 44.3 Å². The normalized spacial score (nSPS) is 11.0. The molecule has 0 saturated heterocycles. The van der Waals surface area contributed by atoms with Gasteiger partial charge in [0, 0.05) is 25.7 Å². The first-order valence-corrected chi connectivity index (χ1v) is 8.06. The number of hydrogen-bond acceptors (Lipinski definition) is 5. The maximum atomic E-state index is 4.59. The Morgan fingerprint density at radius 3 is 2.29 bits per heavy atom. The molecule has 5 heteroatoms. The number of nitrogens with one attached hydrogen (secondary N) is 1. The summed E-state index contributed by atoms with van der Waals surface area (Å²) >= 11 is 0. The number of aryl methyl sites for hydroxylation is 1. The monoisotopic (exact) mass is 293 g/mol. The van der Waals surface area contributed by atoms with Crippen LogP contribution in [0.4, 0.5) is 11.6 Å². The maximum absolute atomic E-state index is 4.59. The number of aromatic nitrogens is 2. The molecule has 0 atom stereocenters. The molecule has 0 bridgehead atoms. The van der Waals surface area contributed by atoms with E-state index in [-0.39, 0.29) is 0 Å². The minimum atomic E-state index is 0.833. The van der Waals surface area contributed by atoms with Gasteiger partial charge in [-0.2, -0.15) is 0 Å². The molecule has 0 amide bonds. The van der Waals surface area contributed by atoms with Gasteiger partial charge in [-0.05, 0) is 46.8 Å². The lowest BCUT2D eigenvalue weighted by atomic mass is 10.3. The van der Waals surface area contributed by atoms with Crippen LogP contribution < -0.4 is 10.2 Å². The van der Waals surface area contributed by atoms with Crippen LogP contribution in [0.1, 0.15) is 38.9 Å². The Balaban J connectivity index is 2.69. The van der Waals surface area contributed by atoms with Crippen LogP contribution in [0.25, 0.3) is 0 Å². The Labute approximate surface area is 129 Å². The van der Waals surface area contributed by atoms with Crippen LogP contribution in [-0.4, -0.2) is 55.1 Å². The zero-order valence-electron chi connectivity index (χ0n) is 14.3. The molecule has 0 spiro atoms. The van der Waals surface area contributed by atoms with Gasteiger partial charge >= 0.3 is 0 Å². The molecule has 0 aromatic carbocycles. The summed E-state index contributed by atoms with van der Waals surface area (Å²) in [5.41, 5.74) is 0. The molecule has 0 radical (unpaired) electrons. The summed E-state index contributed by atoms with van der Waals surface area (Å²) in [6, 6.07) is 2.08. The largest absolute Gasteiger partial charge is 0.370 e. The van der Waals surface area contributed by atoms with Gasteiger partial charge in [0.1, 0.15) is 17.5 Å². The van der Waals surface area contributed by atoms with Gasteiger partial charge in [-0.25, -0.2) is 9.97 Å². The lowest BCUT2D eigenvalue weighted by Crippen LogP contribution is -2.26. The molecular formula is C16H31N5. The first-order chi connectivity index (χ1) is 10.1. The van der Waals surface area contributed by atoms with E-state index in [0.717, 1.165) is 62.9 Å². The third-order valence-corrected chi connectivity index (χ3v) is 3.22. The van der Waals surface area contributed by atoms with Crippen molar-refractivity contribution >= 4 is 11.6 Å². The summed E-state index contributed by atoms with van der Waals surface area (Å²) in [5.74, 6) is 2.81. The second-order valence-corrected chi connectivity index (χ2v) is 5.73. The van der Waals surface area contributed by atoms with Gasteiger partial charge in [-0.1, -0.05) is 13.8 Å². The van der Waals surface area contributed by atoms with Gasteiger partial charge in [0.25, 0.3) is 0 Å². The van der Waals surface area contributed by atoms with Crippen molar-refractivity contribution in [2.75, 3.05) is 50.5 Å². The van der Waals surface area contributed by atoms with Gasteiger partial charge < -0.3 is 15.1 Å². The van der Waals surface area contributed by atoms with Crippen molar-refractivity contribution in [2.24, 2.45) is 0 Å². The van der Waals surface area contributed by atoms with Crippen LogP contribution in [0.15, 0.2) is 6.07 Å². The highest BCUT2D eigenvalue weighted by Gasteiger charge is 2.09. The standard InChI is InChI=1S/C16H31N5/c1-6-10-21(11-7-2)16-13-15(18-14(3)19-16)17-9-8-12-20(4)5/h13H,6-12H2,1-5H3,(H,17,18,19). The van der Waals surface area contributed by atoms with Gasteiger partial charge in [0.2, 0.25) is 0 Å². The van der Waals surface area contributed by atoms with E-state index in [1.165, 1.54) is 0 Å². The smallest absolute Gasteiger partial charge is 0.134 e. The Morgan fingerprint density at radius 1 is 1.05 bits per heavy atom. The number of anilines is 2. The highest BCUT2D eigenvalue weighted by Crippen LogP contribution is 2.16. The van der Waals surface area contributed by atoms with Crippen molar-refractivity contribution in [3.05, 3.63) is 11.9 Å². The Bertz CT molecular complexity index is 400. The molecule has 1 rings (SSSR count). The molecule has 0 fully saturated rings. The summed E-state index contributed by atoms with van der Waals surface area (Å²) in [7, 11) is 4.20. The van der Waals surface area contributed by atoms with E-state index in [9.17, 15) is 0 Å². The molecule has 1 aromatic rings. The van der Waals surface area contributed by atoms with Gasteiger partial charge in [0.15, 0.2) is 0 Å². The van der Waals surface area contributed by atoms with Gasteiger partial charge in [-0.3, -0.25) is 0 Å². The highest BCUT2D eigenvalue weighted by atomic mass is 15.2. The molecule has 0 aliphatic carbocycles. The Morgan fingerprint density at radius 2 is 1.71 bits per heavy atom. The van der Waals surface area contributed by atoms with Crippen LogP contribution in [-0.2, 0) is 0 Å². The number of hydrogen-bond donors (Lipinski definition) is 1. The van der Waals surface area contributed by atoms with Crippen molar-refractivity contribution < 1.29 is 0 Å². The SMILES string of the molecule is CCCN(CCC)c1cc(NCCCN(C)C)nc(C)n1. The van der Waals surface area contributed by atoms with Gasteiger partial charge in [0.05, 0.1) is 0 Å². The summed E-state index contributed by atoms with van der Waals surface area (Å²) < 4.78 is 0. The molecular weight excluding hydrogens is 262 g/mol. The highest BCUT2D eigenvalue weighted by molar-refractivity contribution is 5.49. The third-order valence-electron chi connectivity index (χ3n) is 3.22. The van der Waals surface area contributed by atoms with Crippen LogP contribution in [0.5, 0.6) is 0 Å². The van der Waals surface area contributed by atoms with Crippen LogP contribution in [0.3, 0.4) is 0 Å². The average molecular weight is 293 g/mol. The van der Waals surface area contributed by atoms with E-state index in [0.29, 0.717) is 0 Å². The fourth-order valence-electron chi connectivity index (χ4n) is 2.30. The fourth-order valence-corrected chi connectivity index (χ4v) is 2.30. The summed E-state index contributed by atoms with van der Waals surface area (Å²) in [5, 5.41) is 3.42. The van der Waals surface area contributed by atoms with Crippen molar-refractivity contribution in [2.45, 2.75) is 40.0 Å². The lowest BCUT2D eigenvalue weighted by molar-refractivity contribution is 0.405. The minimum Gasteiger partial charge on any atom is -0.370 e. The summed E-state index contributed by atoms with van der Waals surface area (Å²) in [6.07, 6.45) is 3.38. The molecule has 1 N–H and O–H groups in total. The van der Waals surface area contributed by atoms with E-state index in [1.807, 2.05) is 6.92 Å². The molecule has 0 unspecified atom stereocenters. The molecule has 1 heterocycles. The first-order valence-electron chi connectivity index (χ1n) is 8.06. The van der Waals surface area contributed by atoms with E-state index in [1.54, 1.807) is 0 Å². The van der Waals surface area contributed by atoms with Crippen molar-refractivity contribution in [1.29, 1.82) is 0 Å². The zero-order chi connectivity index (χ0) is 15.7. The van der Waals surface area contributed by atoms with Gasteiger partial charge in [-0.15, -0.1) is 0 Å². The zero-order valence-corrected chi connectivity index (χ0v) is 14.3. The van der Waals surface area contributed by atoms with E-state index >= 15 is 0 Å². The second kappa shape index (κ2) is 9.55. The minimum absolute atomic E-state index is 0.833. The van der Waals surface area contributed by atoms with E-state index in [2.05, 4.69) is 59.1 Å². The molecule has 120 valence electrons. The molecule has 5 nitrogen and oxygen atoms in total. The molecule has 1 aromatic heterocycles. The molecule has 0 aliphatic heterocycles. The second-order valence-electron chi connectivity index (χ2n) is 5.73. The third kappa shape index (κ3) is 6.76. The van der Waals surface area contributed by atoms with Crippen molar-refractivity contribution in [1.82, 2.24) is 14.9 Å². The summed E-state index contributed by atoms with van der Waals surface area (Å²) in [4.78, 5) is 13.6. The molecule has 0 saturated carbocycles. The first kappa shape index (κ1) is 17.7. The van der Waals surface area contributed by atoms with Crippen LogP contribution in [0, 0.1) is 6.92 Å². The quantitative estimate of drug-likeness (QED) is 0.672. The average Bonchev–Trinajstić information content (AvgIpc) is 2.42. The predicted octanol–water partition coefficient (Wildman–Crippen LogP) is 2.78. The Hall–Kier alpha value is -1.36. The maximum Gasteiger partial charge on any atom is 0.134 e. The predicted molar refractivity (Wildman–Crippen MR) is 91.2 cm³/mol.